The summed E-state index contributed by atoms with van der Waals surface area (Å²) in [5, 5.41) is 4.14. The first kappa shape index (κ1) is 35.0. The van der Waals surface area contributed by atoms with Gasteiger partial charge in [-0.05, 0) is 76.2 Å². The number of rotatable bonds is 8. The number of benzene rings is 9. The predicted octanol–water partition coefficient (Wildman–Crippen LogP) is 14.7. The number of anilines is 3. The van der Waals surface area contributed by atoms with E-state index in [1.54, 1.807) is 0 Å². The number of hydrogen-bond donors (Lipinski definition) is 0. The lowest BCUT2D eigenvalue weighted by molar-refractivity contribution is 0.672. The van der Waals surface area contributed by atoms with Gasteiger partial charge >= 0.3 is 0 Å². The molecule has 0 fully saturated rings. The van der Waals surface area contributed by atoms with Gasteiger partial charge in [0.1, 0.15) is 11.2 Å². The highest BCUT2D eigenvalue weighted by atomic mass is 16.3. The fourth-order valence-electron chi connectivity index (χ4n) is 8.27. The molecule has 5 heteroatoms. The highest BCUT2D eigenvalue weighted by molar-refractivity contribution is 6.22. The first-order valence-corrected chi connectivity index (χ1v) is 20.1. The summed E-state index contributed by atoms with van der Waals surface area (Å²) in [6.07, 6.45) is 0. The van der Waals surface area contributed by atoms with Crippen LogP contribution in [0, 0.1) is 0 Å². The molecule has 60 heavy (non-hydrogen) atoms. The molecule has 0 bridgehead atoms. The third kappa shape index (κ3) is 6.35. The van der Waals surface area contributed by atoms with Gasteiger partial charge in [-0.25, -0.2) is 15.0 Å². The first-order valence-electron chi connectivity index (χ1n) is 20.1. The average molecular weight is 769 g/mol. The van der Waals surface area contributed by atoms with E-state index >= 15 is 0 Å². The largest absolute Gasteiger partial charge is 0.455 e. The van der Waals surface area contributed by atoms with Crippen molar-refractivity contribution in [2.75, 3.05) is 4.90 Å². The van der Waals surface area contributed by atoms with Crippen molar-refractivity contribution in [3.63, 3.8) is 0 Å². The number of nitrogens with zero attached hydrogens (tertiary/aromatic N) is 4. The Hall–Kier alpha value is -8.15. The molecule has 0 spiro atoms. The third-order valence-corrected chi connectivity index (χ3v) is 11.1. The summed E-state index contributed by atoms with van der Waals surface area (Å²) >= 11 is 0. The van der Waals surface area contributed by atoms with Crippen molar-refractivity contribution < 1.29 is 4.42 Å². The molecule has 2 aromatic heterocycles. The zero-order valence-corrected chi connectivity index (χ0v) is 32.5. The Bertz CT molecular complexity index is 3240. The summed E-state index contributed by atoms with van der Waals surface area (Å²) in [4.78, 5) is 17.5. The van der Waals surface area contributed by atoms with Gasteiger partial charge in [0, 0.05) is 49.9 Å². The summed E-state index contributed by atoms with van der Waals surface area (Å²) in [6.45, 7) is 0. The fourth-order valence-corrected chi connectivity index (χ4v) is 8.27. The van der Waals surface area contributed by atoms with Gasteiger partial charge in [-0.2, -0.15) is 0 Å². The second-order valence-corrected chi connectivity index (χ2v) is 14.8. The van der Waals surface area contributed by atoms with E-state index in [1.807, 2.05) is 72.8 Å². The van der Waals surface area contributed by atoms with Crippen LogP contribution in [0.1, 0.15) is 0 Å². The van der Waals surface area contributed by atoms with Crippen molar-refractivity contribution in [2.24, 2.45) is 0 Å². The van der Waals surface area contributed by atoms with Crippen LogP contribution in [0.4, 0.5) is 17.1 Å². The Morgan fingerprint density at radius 1 is 0.317 bits per heavy atom. The van der Waals surface area contributed by atoms with Gasteiger partial charge < -0.3 is 9.32 Å². The summed E-state index contributed by atoms with van der Waals surface area (Å²) in [6, 6.07) is 75.8. The topological polar surface area (TPSA) is 55.1 Å². The Kier molecular flexibility index (Phi) is 8.75. The van der Waals surface area contributed by atoms with Gasteiger partial charge in [0.2, 0.25) is 0 Å². The Labute approximate surface area is 347 Å². The Balaban J connectivity index is 1.07. The SMILES string of the molecule is c1ccc(-c2cccc(N(c3ccccc3)c3ccc(-c4cc5c(oc6cccc(-c7nc(-c8ccccc8)nc(-c8ccccc8)n7)c65)c5ccccc45)cc3)c2)cc1. The van der Waals surface area contributed by atoms with Crippen LogP contribution >= 0.6 is 0 Å². The van der Waals surface area contributed by atoms with Gasteiger partial charge in [0.25, 0.3) is 0 Å². The minimum absolute atomic E-state index is 0.590. The normalized spacial score (nSPS) is 11.3. The van der Waals surface area contributed by atoms with Gasteiger partial charge in [-0.3, -0.25) is 0 Å². The molecule has 0 amide bonds. The average Bonchev–Trinajstić information content (AvgIpc) is 3.72. The quantitative estimate of drug-likeness (QED) is 0.154. The number of aromatic nitrogens is 3. The maximum absolute atomic E-state index is 6.76. The molecule has 0 saturated heterocycles. The van der Waals surface area contributed by atoms with E-state index in [4.69, 9.17) is 19.4 Å². The van der Waals surface area contributed by atoms with Crippen LogP contribution in [0.25, 0.3) is 89.1 Å². The molecule has 11 rings (SSSR count). The summed E-state index contributed by atoms with van der Waals surface area (Å²) in [5.74, 6) is 1.83. The maximum atomic E-state index is 6.76. The molecule has 0 aliphatic rings. The first-order chi connectivity index (χ1) is 29.7. The molecule has 0 unspecified atom stereocenters. The van der Waals surface area contributed by atoms with Crippen LogP contribution in [-0.2, 0) is 0 Å². The van der Waals surface area contributed by atoms with E-state index in [0.29, 0.717) is 17.5 Å². The van der Waals surface area contributed by atoms with Gasteiger partial charge in [0.05, 0.1) is 0 Å². The fraction of sp³-hybridized carbons (Fsp3) is 0. The molecule has 5 nitrogen and oxygen atoms in total. The third-order valence-electron chi connectivity index (χ3n) is 11.1. The lowest BCUT2D eigenvalue weighted by atomic mass is 9.94. The monoisotopic (exact) mass is 768 g/mol. The molecule has 11 aromatic rings. The Morgan fingerprint density at radius 2 is 0.833 bits per heavy atom. The van der Waals surface area contributed by atoms with Crippen molar-refractivity contribution in [1.82, 2.24) is 15.0 Å². The lowest BCUT2D eigenvalue weighted by Gasteiger charge is -2.26. The minimum atomic E-state index is 0.590. The number of hydrogen-bond acceptors (Lipinski definition) is 5. The second kappa shape index (κ2) is 15.0. The van der Waals surface area contributed by atoms with Crippen molar-refractivity contribution in [2.45, 2.75) is 0 Å². The zero-order chi connectivity index (χ0) is 39.8. The van der Waals surface area contributed by atoms with E-state index in [1.165, 1.54) is 11.1 Å². The molecular weight excluding hydrogens is 733 g/mol. The van der Waals surface area contributed by atoms with Crippen LogP contribution in [0.5, 0.6) is 0 Å². The second-order valence-electron chi connectivity index (χ2n) is 14.8. The summed E-state index contributed by atoms with van der Waals surface area (Å²) < 4.78 is 6.76. The van der Waals surface area contributed by atoms with Crippen molar-refractivity contribution in [3.8, 4) is 56.4 Å². The standard InChI is InChI=1S/C55H36N4O/c1-5-17-37(18-6-1)41-23-15-26-44(35-41)59(42-24-11-4-12-25-42)43-33-31-38(32-34-43)48-36-49-51-47(29-16-30-50(51)60-52(49)46-28-14-13-27-45(46)48)55-57-53(39-19-7-2-8-20-39)56-54(58-55)40-21-9-3-10-22-40/h1-36H. The maximum Gasteiger partial charge on any atom is 0.164 e. The summed E-state index contributed by atoms with van der Waals surface area (Å²) in [7, 11) is 0. The molecule has 0 N–H and O–H groups in total. The molecule has 2 heterocycles. The van der Waals surface area contributed by atoms with Crippen molar-refractivity contribution >= 4 is 49.8 Å². The molecule has 0 aliphatic heterocycles. The van der Waals surface area contributed by atoms with E-state index in [0.717, 1.165) is 77.6 Å². The number of para-hydroxylation sites is 1. The molecule has 9 aromatic carbocycles. The van der Waals surface area contributed by atoms with Crippen LogP contribution in [0.3, 0.4) is 0 Å². The van der Waals surface area contributed by atoms with E-state index in [-0.39, 0.29) is 0 Å². The summed E-state index contributed by atoms with van der Waals surface area (Å²) in [5.41, 5.74) is 12.2. The Morgan fingerprint density at radius 3 is 1.50 bits per heavy atom. The molecule has 282 valence electrons. The molecule has 0 radical (unpaired) electrons. The molecule has 0 aliphatic carbocycles. The lowest BCUT2D eigenvalue weighted by Crippen LogP contribution is -2.09. The van der Waals surface area contributed by atoms with E-state index in [2.05, 4.69) is 150 Å². The van der Waals surface area contributed by atoms with Gasteiger partial charge in [0.15, 0.2) is 17.5 Å². The van der Waals surface area contributed by atoms with Crippen LogP contribution in [-0.4, -0.2) is 15.0 Å². The van der Waals surface area contributed by atoms with Crippen LogP contribution in [0.2, 0.25) is 0 Å². The van der Waals surface area contributed by atoms with Crippen molar-refractivity contribution in [3.05, 3.63) is 218 Å². The number of fused-ring (bicyclic) bond motifs is 5. The predicted molar refractivity (Wildman–Crippen MR) is 246 cm³/mol. The van der Waals surface area contributed by atoms with Crippen LogP contribution < -0.4 is 4.90 Å². The highest BCUT2D eigenvalue weighted by Gasteiger charge is 2.21. The van der Waals surface area contributed by atoms with Gasteiger partial charge in [-0.1, -0.05) is 170 Å². The minimum Gasteiger partial charge on any atom is -0.455 e. The van der Waals surface area contributed by atoms with Crippen molar-refractivity contribution in [1.29, 1.82) is 0 Å². The van der Waals surface area contributed by atoms with E-state index in [9.17, 15) is 0 Å². The smallest absolute Gasteiger partial charge is 0.164 e. The molecule has 0 saturated carbocycles. The molecule has 0 atom stereocenters. The zero-order valence-electron chi connectivity index (χ0n) is 32.5. The van der Waals surface area contributed by atoms with Crippen LogP contribution in [0.15, 0.2) is 223 Å². The number of furan rings is 1. The molecular formula is C55H36N4O. The van der Waals surface area contributed by atoms with Gasteiger partial charge in [-0.15, -0.1) is 0 Å². The highest BCUT2D eigenvalue weighted by Crippen LogP contribution is 2.44. The van der Waals surface area contributed by atoms with E-state index < -0.39 is 0 Å².